The Balaban J connectivity index is 2.77. The van der Waals surface area contributed by atoms with E-state index < -0.39 is 30.3 Å². The van der Waals surface area contributed by atoms with Crippen molar-refractivity contribution in [1.82, 2.24) is 0 Å². The molecule has 0 fully saturated rings. The van der Waals surface area contributed by atoms with Crippen LogP contribution in [0.25, 0.3) is 0 Å². The summed E-state index contributed by atoms with van der Waals surface area (Å²) in [5, 5.41) is 17.5. The van der Waals surface area contributed by atoms with E-state index in [0.29, 0.717) is 6.07 Å². The highest BCUT2D eigenvalue weighted by Gasteiger charge is 2.31. The Hall–Kier alpha value is -0.790. The van der Waals surface area contributed by atoms with Crippen molar-refractivity contribution in [1.29, 1.82) is 0 Å². The molecule has 1 unspecified atom stereocenters. The molecule has 0 amide bonds. The highest BCUT2D eigenvalue weighted by molar-refractivity contribution is 7.99. The SMILES string of the molecule is OCC(O)CSc1ccc(C(F)(F)F)cc1F. The van der Waals surface area contributed by atoms with Crippen LogP contribution in [0.5, 0.6) is 0 Å². The third-order valence-electron chi connectivity index (χ3n) is 1.90. The van der Waals surface area contributed by atoms with E-state index in [-0.39, 0.29) is 10.6 Å². The van der Waals surface area contributed by atoms with Gasteiger partial charge in [0.05, 0.1) is 18.3 Å². The average Bonchev–Trinajstić information content (AvgIpc) is 2.25. The molecule has 0 heterocycles. The number of rotatable bonds is 4. The maximum atomic E-state index is 13.3. The van der Waals surface area contributed by atoms with Gasteiger partial charge in [0.1, 0.15) is 5.82 Å². The molecule has 2 nitrogen and oxygen atoms in total. The van der Waals surface area contributed by atoms with E-state index in [1.807, 2.05) is 0 Å². The topological polar surface area (TPSA) is 40.5 Å². The van der Waals surface area contributed by atoms with Gasteiger partial charge >= 0.3 is 6.18 Å². The van der Waals surface area contributed by atoms with Crippen molar-refractivity contribution >= 4 is 11.8 Å². The monoisotopic (exact) mass is 270 g/mol. The normalized spacial score (nSPS) is 13.8. The Kier molecular flexibility index (Phi) is 4.79. The van der Waals surface area contributed by atoms with Crippen molar-refractivity contribution < 1.29 is 27.8 Å². The van der Waals surface area contributed by atoms with Crippen LogP contribution in [0.15, 0.2) is 23.1 Å². The lowest BCUT2D eigenvalue weighted by atomic mass is 10.2. The molecule has 0 aliphatic carbocycles. The van der Waals surface area contributed by atoms with Crippen LogP contribution in [0.1, 0.15) is 5.56 Å². The molecule has 1 aromatic carbocycles. The van der Waals surface area contributed by atoms with Gasteiger partial charge in [-0.1, -0.05) is 0 Å². The number of hydrogen-bond acceptors (Lipinski definition) is 3. The lowest BCUT2D eigenvalue weighted by Gasteiger charge is -2.10. The van der Waals surface area contributed by atoms with E-state index >= 15 is 0 Å². The summed E-state index contributed by atoms with van der Waals surface area (Å²) in [6.45, 7) is -0.477. The molecule has 0 saturated heterocycles. The molecule has 2 N–H and O–H groups in total. The van der Waals surface area contributed by atoms with Gasteiger partial charge in [0.2, 0.25) is 0 Å². The van der Waals surface area contributed by atoms with Crippen LogP contribution >= 0.6 is 11.8 Å². The fourth-order valence-electron chi connectivity index (χ4n) is 1.03. The molecule has 1 aromatic rings. The Morgan fingerprint density at radius 3 is 2.41 bits per heavy atom. The molecule has 7 heteroatoms. The van der Waals surface area contributed by atoms with Crippen LogP contribution in [-0.4, -0.2) is 28.7 Å². The number of thioether (sulfide) groups is 1. The maximum Gasteiger partial charge on any atom is 0.416 e. The molecule has 0 radical (unpaired) electrons. The molecule has 0 aromatic heterocycles. The van der Waals surface area contributed by atoms with E-state index in [9.17, 15) is 17.6 Å². The van der Waals surface area contributed by atoms with Gasteiger partial charge in [0, 0.05) is 10.6 Å². The molecular weight excluding hydrogens is 260 g/mol. The van der Waals surface area contributed by atoms with Crippen LogP contribution in [0.3, 0.4) is 0 Å². The second-order valence-corrected chi connectivity index (χ2v) is 4.35. The molecule has 1 rings (SSSR count). The summed E-state index contributed by atoms with van der Waals surface area (Å²) in [5.74, 6) is -0.978. The highest BCUT2D eigenvalue weighted by Crippen LogP contribution is 2.32. The number of hydrogen-bond donors (Lipinski definition) is 2. The summed E-state index contributed by atoms with van der Waals surface area (Å²) in [6, 6.07) is 2.19. The van der Waals surface area contributed by atoms with Gasteiger partial charge in [0.25, 0.3) is 0 Å². The zero-order valence-electron chi connectivity index (χ0n) is 8.54. The van der Waals surface area contributed by atoms with Crippen LogP contribution in [0.2, 0.25) is 0 Å². The molecular formula is C10H10F4O2S. The second-order valence-electron chi connectivity index (χ2n) is 3.29. The van der Waals surface area contributed by atoms with E-state index in [1.54, 1.807) is 0 Å². The lowest BCUT2D eigenvalue weighted by molar-refractivity contribution is -0.137. The Labute approximate surface area is 99.3 Å². The molecule has 0 aliphatic rings. The molecule has 0 aliphatic heterocycles. The van der Waals surface area contributed by atoms with Gasteiger partial charge in [-0.15, -0.1) is 11.8 Å². The first kappa shape index (κ1) is 14.3. The summed E-state index contributed by atoms with van der Waals surface area (Å²) in [7, 11) is 0. The minimum atomic E-state index is -4.57. The molecule has 17 heavy (non-hydrogen) atoms. The van der Waals surface area contributed by atoms with Crippen LogP contribution in [0, 0.1) is 5.82 Å². The molecule has 0 saturated carbocycles. The zero-order valence-corrected chi connectivity index (χ0v) is 9.35. The Morgan fingerprint density at radius 1 is 1.29 bits per heavy atom. The minimum absolute atomic E-state index is 0.00509. The van der Waals surface area contributed by atoms with Crippen molar-refractivity contribution in [3.8, 4) is 0 Å². The number of aliphatic hydroxyl groups excluding tert-OH is 2. The molecule has 96 valence electrons. The molecule has 0 spiro atoms. The smallest absolute Gasteiger partial charge is 0.394 e. The Morgan fingerprint density at radius 2 is 1.94 bits per heavy atom. The summed E-state index contributed by atoms with van der Waals surface area (Å²) in [4.78, 5) is 0.00509. The van der Waals surface area contributed by atoms with Crippen molar-refractivity contribution in [3.63, 3.8) is 0 Å². The first-order valence-electron chi connectivity index (χ1n) is 4.63. The summed E-state index contributed by atoms with van der Waals surface area (Å²) in [6.07, 6.45) is -5.60. The minimum Gasteiger partial charge on any atom is -0.394 e. The first-order valence-corrected chi connectivity index (χ1v) is 5.61. The van der Waals surface area contributed by atoms with E-state index in [0.717, 1.165) is 23.9 Å². The van der Waals surface area contributed by atoms with Gasteiger partial charge in [-0.2, -0.15) is 13.2 Å². The van der Waals surface area contributed by atoms with Crippen molar-refractivity contribution in [2.75, 3.05) is 12.4 Å². The predicted molar refractivity (Wildman–Crippen MR) is 55.2 cm³/mol. The summed E-state index contributed by atoms with van der Waals surface area (Å²) >= 11 is 0.847. The highest BCUT2D eigenvalue weighted by atomic mass is 32.2. The zero-order chi connectivity index (χ0) is 13.1. The van der Waals surface area contributed by atoms with Crippen LogP contribution in [-0.2, 0) is 6.18 Å². The molecule has 1 atom stereocenters. The third-order valence-corrected chi connectivity index (χ3v) is 3.09. The number of alkyl halides is 3. The molecule has 0 bridgehead atoms. The maximum absolute atomic E-state index is 13.3. The first-order chi connectivity index (χ1) is 7.84. The summed E-state index contributed by atoms with van der Waals surface area (Å²) < 4.78 is 49.9. The van der Waals surface area contributed by atoms with E-state index in [2.05, 4.69) is 0 Å². The fraction of sp³-hybridized carbons (Fsp3) is 0.400. The largest absolute Gasteiger partial charge is 0.416 e. The standard InChI is InChI=1S/C10H10F4O2S/c11-8-3-6(10(12,13)14)1-2-9(8)17-5-7(16)4-15/h1-3,7,15-16H,4-5H2. The van der Waals surface area contributed by atoms with Gasteiger partial charge < -0.3 is 10.2 Å². The average molecular weight is 270 g/mol. The predicted octanol–water partition coefficient (Wildman–Crippen LogP) is 2.29. The second kappa shape index (κ2) is 5.70. The number of benzene rings is 1. The van der Waals surface area contributed by atoms with Gasteiger partial charge in [-0.05, 0) is 18.2 Å². The van der Waals surface area contributed by atoms with Gasteiger partial charge in [-0.25, -0.2) is 4.39 Å². The van der Waals surface area contributed by atoms with E-state index in [1.165, 1.54) is 0 Å². The van der Waals surface area contributed by atoms with Crippen molar-refractivity contribution in [3.05, 3.63) is 29.6 Å². The van der Waals surface area contributed by atoms with Crippen molar-refractivity contribution in [2.24, 2.45) is 0 Å². The quantitative estimate of drug-likeness (QED) is 0.651. The van der Waals surface area contributed by atoms with Crippen molar-refractivity contribution in [2.45, 2.75) is 17.2 Å². The van der Waals surface area contributed by atoms with Crippen LogP contribution < -0.4 is 0 Å². The van der Waals surface area contributed by atoms with Gasteiger partial charge in [0.15, 0.2) is 0 Å². The number of aliphatic hydroxyl groups is 2. The lowest BCUT2D eigenvalue weighted by Crippen LogP contribution is -2.14. The van der Waals surface area contributed by atoms with E-state index in [4.69, 9.17) is 10.2 Å². The fourth-order valence-corrected chi connectivity index (χ4v) is 1.87. The Bertz CT molecular complexity index is 381. The third kappa shape index (κ3) is 4.18. The number of halogens is 4. The van der Waals surface area contributed by atoms with Gasteiger partial charge in [-0.3, -0.25) is 0 Å². The van der Waals surface area contributed by atoms with Crippen LogP contribution in [0.4, 0.5) is 17.6 Å². The summed E-state index contributed by atoms with van der Waals surface area (Å²) in [5.41, 5.74) is -1.05.